The van der Waals surface area contributed by atoms with E-state index in [0.29, 0.717) is 11.3 Å². The molecule has 0 heterocycles. The molecule has 0 aliphatic rings. The molecule has 0 radical (unpaired) electrons. The van der Waals surface area contributed by atoms with Crippen molar-refractivity contribution in [2.75, 3.05) is 33.9 Å². The predicted octanol–water partition coefficient (Wildman–Crippen LogP) is 4.18. The molecule has 9 heteroatoms. The topological polar surface area (TPSA) is 63.5 Å². The van der Waals surface area contributed by atoms with Crippen LogP contribution < -0.4 is 4.74 Å². The number of hydrogen-bond acceptors (Lipinski definition) is 5. The first-order chi connectivity index (χ1) is 12.2. The summed E-state index contributed by atoms with van der Waals surface area (Å²) in [4.78, 5) is 17.4. The summed E-state index contributed by atoms with van der Waals surface area (Å²) in [6.45, 7) is 4.89. The van der Waals surface area contributed by atoms with Crippen molar-refractivity contribution in [2.45, 2.75) is 32.5 Å². The minimum atomic E-state index is -4.95. The second-order valence-electron chi connectivity index (χ2n) is 5.74. The van der Waals surface area contributed by atoms with Gasteiger partial charge in [-0.3, -0.25) is 0 Å². The Morgan fingerprint density at radius 1 is 1.27 bits per heavy atom. The van der Waals surface area contributed by atoms with Crippen molar-refractivity contribution >= 4 is 12.0 Å². The molecule has 6 nitrogen and oxygen atoms in total. The zero-order valence-corrected chi connectivity index (χ0v) is 15.6. The van der Waals surface area contributed by atoms with E-state index >= 15 is 0 Å². The van der Waals surface area contributed by atoms with Crippen LogP contribution in [0.2, 0.25) is 0 Å². The lowest BCUT2D eigenvalue weighted by Gasteiger charge is -2.30. The molecule has 146 valence electrons. The normalized spacial score (nSPS) is 14.3. The van der Waals surface area contributed by atoms with Crippen molar-refractivity contribution in [1.29, 1.82) is 0 Å². The molecule has 0 spiro atoms. The second kappa shape index (κ2) is 8.98. The van der Waals surface area contributed by atoms with Gasteiger partial charge in [0.2, 0.25) is 5.54 Å². The van der Waals surface area contributed by atoms with Gasteiger partial charge in [0.05, 0.1) is 25.7 Å². The lowest BCUT2D eigenvalue weighted by atomic mass is 9.88. The van der Waals surface area contributed by atoms with Crippen molar-refractivity contribution in [3.05, 3.63) is 28.2 Å². The van der Waals surface area contributed by atoms with E-state index in [9.17, 15) is 18.1 Å². The van der Waals surface area contributed by atoms with E-state index < -0.39 is 23.9 Å². The quantitative estimate of drug-likeness (QED) is 0.369. The number of nitrogens with zero attached hydrogens (tertiary/aromatic N) is 3. The maximum Gasteiger partial charge on any atom is 0.423 e. The molecule has 0 saturated heterocycles. The Labute approximate surface area is 151 Å². The summed E-state index contributed by atoms with van der Waals surface area (Å²) < 4.78 is 51.3. The monoisotopic (exact) mass is 375 g/mol. The maximum absolute atomic E-state index is 13.8. The molecule has 0 N–H and O–H groups in total. The number of rotatable bonds is 9. The molecule has 0 aliphatic carbocycles. The highest BCUT2D eigenvalue weighted by Gasteiger charge is 2.60. The average molecular weight is 375 g/mol. The van der Waals surface area contributed by atoms with Crippen molar-refractivity contribution in [2.24, 2.45) is 10.2 Å². The summed E-state index contributed by atoms with van der Waals surface area (Å²) in [5.41, 5.74) is -2.56. The number of alkyl halides is 3. The number of ether oxygens (including phenoxy) is 2. The third-order valence-corrected chi connectivity index (χ3v) is 4.00. The van der Waals surface area contributed by atoms with Crippen molar-refractivity contribution < 1.29 is 22.6 Å². The van der Waals surface area contributed by atoms with Crippen LogP contribution in [0.15, 0.2) is 22.3 Å². The first-order valence-electron chi connectivity index (χ1n) is 8.09. The minimum Gasteiger partial charge on any atom is -0.496 e. The Kier molecular flexibility index (Phi) is 7.55. The molecule has 26 heavy (non-hydrogen) atoms. The fraction of sp³-hybridized carbons (Fsp3) is 0.588. The largest absolute Gasteiger partial charge is 0.496 e. The van der Waals surface area contributed by atoms with Gasteiger partial charge in [0, 0.05) is 31.8 Å². The molecule has 0 amide bonds. The van der Waals surface area contributed by atoms with Gasteiger partial charge in [-0.2, -0.15) is 13.2 Å². The lowest BCUT2D eigenvalue weighted by molar-refractivity contribution is -0.203. The van der Waals surface area contributed by atoms with Crippen molar-refractivity contribution in [3.8, 4) is 5.75 Å². The van der Waals surface area contributed by atoms with Crippen LogP contribution in [-0.2, 0) is 10.3 Å². The smallest absolute Gasteiger partial charge is 0.423 e. The molecule has 1 unspecified atom stereocenters. The first kappa shape index (κ1) is 21.9. The Bertz CT molecular complexity index is 650. The van der Waals surface area contributed by atoms with E-state index in [0.717, 1.165) is 6.54 Å². The summed E-state index contributed by atoms with van der Waals surface area (Å²) in [6.07, 6.45) is -3.38. The van der Waals surface area contributed by atoms with Gasteiger partial charge in [-0.15, -0.1) is 4.91 Å². The second-order valence-corrected chi connectivity index (χ2v) is 5.74. The van der Waals surface area contributed by atoms with Gasteiger partial charge >= 0.3 is 6.18 Å². The standard InChI is InChI=1S/C17H24F3N3O3/c1-6-23(4)11-21-14-9-15(25-5)13(8-12(14)3)16(22-24,10-26-7-2)17(18,19)20/h8-9,11H,6-7,10H2,1-5H3/b21-11+. The van der Waals surface area contributed by atoms with Crippen LogP contribution in [0.1, 0.15) is 25.0 Å². The molecule has 0 aliphatic heterocycles. The molecular weight excluding hydrogens is 351 g/mol. The van der Waals surface area contributed by atoms with Crippen LogP contribution in [0, 0.1) is 11.8 Å². The first-order valence-corrected chi connectivity index (χ1v) is 8.09. The van der Waals surface area contributed by atoms with Gasteiger partial charge in [-0.1, -0.05) is 0 Å². The van der Waals surface area contributed by atoms with Crippen LogP contribution in [0.3, 0.4) is 0 Å². The number of benzene rings is 1. The van der Waals surface area contributed by atoms with Gasteiger partial charge in [-0.25, -0.2) is 4.99 Å². The highest BCUT2D eigenvalue weighted by molar-refractivity contribution is 5.65. The molecule has 0 aromatic heterocycles. The van der Waals surface area contributed by atoms with E-state index in [1.54, 1.807) is 13.3 Å². The van der Waals surface area contributed by atoms with Gasteiger partial charge < -0.3 is 14.4 Å². The molecular formula is C17H24F3N3O3. The summed E-state index contributed by atoms with van der Waals surface area (Å²) in [7, 11) is 3.05. The summed E-state index contributed by atoms with van der Waals surface area (Å²) in [6, 6.07) is 2.59. The zero-order valence-electron chi connectivity index (χ0n) is 15.6. The SMILES string of the molecule is CCOCC(N=O)(c1cc(C)c(/N=C/N(C)CC)cc1OC)C(F)(F)F. The number of aryl methyl sites for hydroxylation is 1. The Morgan fingerprint density at radius 3 is 2.38 bits per heavy atom. The Hall–Kier alpha value is -2.16. The molecule has 1 atom stereocenters. The maximum atomic E-state index is 13.8. The Morgan fingerprint density at radius 2 is 1.92 bits per heavy atom. The van der Waals surface area contributed by atoms with Gasteiger partial charge in [0.1, 0.15) is 5.75 Å². The van der Waals surface area contributed by atoms with Crippen molar-refractivity contribution in [1.82, 2.24) is 4.90 Å². The van der Waals surface area contributed by atoms with Gasteiger partial charge in [0.25, 0.3) is 0 Å². The predicted molar refractivity (Wildman–Crippen MR) is 94.2 cm³/mol. The third-order valence-electron chi connectivity index (χ3n) is 4.00. The third kappa shape index (κ3) is 4.51. The number of aliphatic imine (C=N–C) groups is 1. The molecule has 1 rings (SSSR count). The highest BCUT2D eigenvalue weighted by Crippen LogP contribution is 2.47. The molecule has 1 aromatic carbocycles. The van der Waals surface area contributed by atoms with Gasteiger partial charge in [-0.05, 0) is 37.6 Å². The summed E-state index contributed by atoms with van der Waals surface area (Å²) in [5.74, 6) is -0.126. The fourth-order valence-corrected chi connectivity index (χ4v) is 2.24. The van der Waals surface area contributed by atoms with Crippen LogP contribution in [-0.4, -0.2) is 51.3 Å². The fourth-order valence-electron chi connectivity index (χ4n) is 2.24. The van der Waals surface area contributed by atoms with Crippen LogP contribution in [0.4, 0.5) is 18.9 Å². The minimum absolute atomic E-state index is 0.0143. The molecule has 0 fully saturated rings. The molecule has 0 bridgehead atoms. The highest BCUT2D eigenvalue weighted by atomic mass is 19.4. The summed E-state index contributed by atoms with van der Waals surface area (Å²) >= 11 is 0. The molecule has 1 aromatic rings. The number of nitroso groups, excluding NO2 is 1. The number of methoxy groups -OCH3 is 1. The van der Waals surface area contributed by atoms with Gasteiger partial charge in [0.15, 0.2) is 0 Å². The van der Waals surface area contributed by atoms with E-state index in [1.165, 1.54) is 26.2 Å². The Balaban J connectivity index is 3.55. The van der Waals surface area contributed by atoms with Crippen molar-refractivity contribution in [3.63, 3.8) is 0 Å². The average Bonchev–Trinajstić information content (AvgIpc) is 2.60. The van der Waals surface area contributed by atoms with Crippen LogP contribution in [0.25, 0.3) is 0 Å². The lowest BCUT2D eigenvalue weighted by Crippen LogP contribution is -2.44. The summed E-state index contributed by atoms with van der Waals surface area (Å²) in [5, 5.41) is 2.44. The van der Waals surface area contributed by atoms with Crippen LogP contribution in [0.5, 0.6) is 5.75 Å². The number of hydrogen-bond donors (Lipinski definition) is 0. The van der Waals surface area contributed by atoms with E-state index in [-0.39, 0.29) is 12.4 Å². The van der Waals surface area contributed by atoms with E-state index in [4.69, 9.17) is 9.47 Å². The zero-order chi connectivity index (χ0) is 20.0. The van der Waals surface area contributed by atoms with E-state index in [2.05, 4.69) is 10.2 Å². The number of halogens is 3. The van der Waals surface area contributed by atoms with Crippen LogP contribution >= 0.6 is 0 Å². The van der Waals surface area contributed by atoms with E-state index in [1.807, 2.05) is 18.9 Å². The molecule has 0 saturated carbocycles.